The highest BCUT2D eigenvalue weighted by Crippen LogP contribution is 2.31. The molecule has 0 aromatic heterocycles. The quantitative estimate of drug-likeness (QED) is 0.766. The molecule has 1 atom stereocenters. The molecule has 0 radical (unpaired) electrons. The Morgan fingerprint density at radius 2 is 1.48 bits per heavy atom. The van der Waals surface area contributed by atoms with E-state index in [9.17, 15) is 0 Å². The molecule has 0 heterocycles. The Labute approximate surface area is 137 Å². The van der Waals surface area contributed by atoms with Crippen molar-refractivity contribution in [2.75, 3.05) is 6.54 Å². The zero-order valence-corrected chi connectivity index (χ0v) is 14.2. The number of likely N-dealkylation sites (N-methyl/N-ethyl adjacent to an activating group) is 1. The molecule has 0 aliphatic carbocycles. The van der Waals surface area contributed by atoms with Crippen LogP contribution in [0.2, 0.25) is 10.0 Å². The van der Waals surface area contributed by atoms with Crippen LogP contribution in [0, 0.1) is 13.8 Å². The second-order valence-electron chi connectivity index (χ2n) is 5.32. The molecule has 2 aromatic carbocycles. The first-order chi connectivity index (χ1) is 10.0. The first-order valence-electron chi connectivity index (χ1n) is 7.27. The van der Waals surface area contributed by atoms with Crippen molar-refractivity contribution in [2.24, 2.45) is 0 Å². The lowest BCUT2D eigenvalue weighted by Gasteiger charge is -2.23. The van der Waals surface area contributed by atoms with E-state index in [1.165, 1.54) is 16.7 Å². The van der Waals surface area contributed by atoms with Crippen LogP contribution in [-0.2, 0) is 6.42 Å². The smallest absolute Gasteiger partial charge is 0.0453 e. The summed E-state index contributed by atoms with van der Waals surface area (Å²) in [4.78, 5) is 0. The third-order valence-corrected chi connectivity index (χ3v) is 4.52. The topological polar surface area (TPSA) is 12.0 Å². The maximum Gasteiger partial charge on any atom is 0.0453 e. The summed E-state index contributed by atoms with van der Waals surface area (Å²) in [6, 6.07) is 12.3. The molecule has 1 unspecified atom stereocenters. The van der Waals surface area contributed by atoms with Crippen LogP contribution in [0.25, 0.3) is 0 Å². The molecule has 0 aliphatic rings. The van der Waals surface area contributed by atoms with E-state index in [4.69, 9.17) is 23.2 Å². The fourth-order valence-electron chi connectivity index (χ4n) is 2.83. The minimum Gasteiger partial charge on any atom is -0.310 e. The van der Waals surface area contributed by atoms with Crippen molar-refractivity contribution in [1.82, 2.24) is 5.32 Å². The first-order valence-corrected chi connectivity index (χ1v) is 8.02. The zero-order chi connectivity index (χ0) is 15.4. The molecule has 2 rings (SSSR count). The number of halogens is 2. The molecule has 0 saturated heterocycles. The van der Waals surface area contributed by atoms with Crippen LogP contribution in [0.15, 0.2) is 36.4 Å². The highest BCUT2D eigenvalue weighted by molar-refractivity contribution is 6.36. The van der Waals surface area contributed by atoms with Crippen molar-refractivity contribution in [3.8, 4) is 0 Å². The van der Waals surface area contributed by atoms with Crippen LogP contribution >= 0.6 is 23.2 Å². The number of nitrogens with one attached hydrogen (secondary N) is 1. The predicted molar refractivity (Wildman–Crippen MR) is 92.5 cm³/mol. The second-order valence-corrected chi connectivity index (χ2v) is 6.13. The standard InChI is InChI=1S/C18H21Cl2N/c1-4-21-17(18-12(2)7-5-8-13(18)3)11-14-15(19)9-6-10-16(14)20/h5-10,17,21H,4,11H2,1-3H3. The lowest BCUT2D eigenvalue weighted by molar-refractivity contribution is 0.545. The van der Waals surface area contributed by atoms with Gasteiger partial charge in [0.2, 0.25) is 0 Å². The molecule has 0 saturated carbocycles. The summed E-state index contributed by atoms with van der Waals surface area (Å²) in [6.45, 7) is 7.33. The van der Waals surface area contributed by atoms with Gasteiger partial charge in [-0.2, -0.15) is 0 Å². The van der Waals surface area contributed by atoms with Crippen LogP contribution in [0.1, 0.15) is 35.2 Å². The fraction of sp³-hybridized carbons (Fsp3) is 0.333. The Balaban J connectivity index is 2.41. The van der Waals surface area contributed by atoms with Gasteiger partial charge in [0.25, 0.3) is 0 Å². The molecule has 1 N–H and O–H groups in total. The molecular weight excluding hydrogens is 301 g/mol. The van der Waals surface area contributed by atoms with Crippen LogP contribution in [0.3, 0.4) is 0 Å². The summed E-state index contributed by atoms with van der Waals surface area (Å²) in [5.74, 6) is 0. The van der Waals surface area contributed by atoms with Crippen LogP contribution < -0.4 is 5.32 Å². The fourth-order valence-corrected chi connectivity index (χ4v) is 3.38. The summed E-state index contributed by atoms with van der Waals surface area (Å²) in [6.07, 6.45) is 0.790. The summed E-state index contributed by atoms with van der Waals surface area (Å²) < 4.78 is 0. The van der Waals surface area contributed by atoms with E-state index in [0.29, 0.717) is 0 Å². The molecule has 0 aliphatic heterocycles. The Morgan fingerprint density at radius 1 is 0.952 bits per heavy atom. The van der Waals surface area contributed by atoms with Gasteiger partial charge in [0.05, 0.1) is 0 Å². The monoisotopic (exact) mass is 321 g/mol. The van der Waals surface area contributed by atoms with E-state index in [1.807, 2.05) is 18.2 Å². The van der Waals surface area contributed by atoms with Crippen molar-refractivity contribution in [1.29, 1.82) is 0 Å². The molecule has 3 heteroatoms. The summed E-state index contributed by atoms with van der Waals surface area (Å²) >= 11 is 12.7. The van der Waals surface area contributed by atoms with Gasteiger partial charge in [-0.3, -0.25) is 0 Å². The molecule has 2 aromatic rings. The maximum absolute atomic E-state index is 6.33. The van der Waals surface area contributed by atoms with Crippen molar-refractivity contribution >= 4 is 23.2 Å². The van der Waals surface area contributed by atoms with Crippen molar-refractivity contribution < 1.29 is 0 Å². The van der Waals surface area contributed by atoms with Crippen LogP contribution in [0.4, 0.5) is 0 Å². The van der Waals surface area contributed by atoms with Gasteiger partial charge in [-0.15, -0.1) is 0 Å². The third-order valence-electron chi connectivity index (χ3n) is 3.81. The van der Waals surface area contributed by atoms with Crippen molar-refractivity contribution in [3.63, 3.8) is 0 Å². The van der Waals surface area contributed by atoms with E-state index in [-0.39, 0.29) is 6.04 Å². The van der Waals surface area contributed by atoms with Crippen LogP contribution in [-0.4, -0.2) is 6.54 Å². The molecule has 0 amide bonds. The number of aryl methyl sites for hydroxylation is 2. The molecule has 0 spiro atoms. The lowest BCUT2D eigenvalue weighted by Crippen LogP contribution is -2.24. The van der Waals surface area contributed by atoms with Crippen molar-refractivity contribution in [2.45, 2.75) is 33.2 Å². The SMILES string of the molecule is CCNC(Cc1c(Cl)cccc1Cl)c1c(C)cccc1C. The van der Waals surface area contributed by atoms with E-state index >= 15 is 0 Å². The third kappa shape index (κ3) is 3.79. The Morgan fingerprint density at radius 3 is 2.00 bits per heavy atom. The number of hydrogen-bond donors (Lipinski definition) is 1. The van der Waals surface area contributed by atoms with Gasteiger partial charge < -0.3 is 5.32 Å². The van der Waals surface area contributed by atoms with Gasteiger partial charge in [-0.05, 0) is 61.2 Å². The lowest BCUT2D eigenvalue weighted by atomic mass is 9.91. The van der Waals surface area contributed by atoms with E-state index < -0.39 is 0 Å². The first kappa shape index (κ1) is 16.4. The highest BCUT2D eigenvalue weighted by Gasteiger charge is 2.18. The number of hydrogen-bond acceptors (Lipinski definition) is 1. The number of rotatable bonds is 5. The highest BCUT2D eigenvalue weighted by atomic mass is 35.5. The van der Waals surface area contributed by atoms with E-state index in [2.05, 4.69) is 44.3 Å². The molecule has 21 heavy (non-hydrogen) atoms. The van der Waals surface area contributed by atoms with E-state index in [0.717, 1.165) is 28.6 Å². The minimum atomic E-state index is 0.216. The Bertz CT molecular complexity index is 582. The minimum absolute atomic E-state index is 0.216. The average Bonchev–Trinajstić information content (AvgIpc) is 2.42. The van der Waals surface area contributed by atoms with Gasteiger partial charge in [-0.1, -0.05) is 54.4 Å². The normalized spacial score (nSPS) is 12.4. The Hall–Kier alpha value is -1.02. The molecule has 0 fully saturated rings. The second kappa shape index (κ2) is 7.31. The zero-order valence-electron chi connectivity index (χ0n) is 12.7. The average molecular weight is 322 g/mol. The summed E-state index contributed by atoms with van der Waals surface area (Å²) in [5, 5.41) is 5.03. The van der Waals surface area contributed by atoms with Gasteiger partial charge >= 0.3 is 0 Å². The number of benzene rings is 2. The molecule has 112 valence electrons. The Kier molecular flexibility index (Phi) is 5.69. The summed E-state index contributed by atoms with van der Waals surface area (Å²) in [7, 11) is 0. The van der Waals surface area contributed by atoms with Gasteiger partial charge in [0, 0.05) is 16.1 Å². The molecular formula is C18H21Cl2N. The molecule has 1 nitrogen and oxygen atoms in total. The predicted octanol–water partition coefficient (Wildman–Crippen LogP) is 5.50. The van der Waals surface area contributed by atoms with Gasteiger partial charge in [0.1, 0.15) is 0 Å². The van der Waals surface area contributed by atoms with Crippen molar-refractivity contribution in [3.05, 3.63) is 68.7 Å². The van der Waals surface area contributed by atoms with Gasteiger partial charge in [-0.25, -0.2) is 0 Å². The molecule has 0 bridgehead atoms. The maximum atomic E-state index is 6.33. The van der Waals surface area contributed by atoms with E-state index in [1.54, 1.807) is 0 Å². The van der Waals surface area contributed by atoms with Crippen LogP contribution in [0.5, 0.6) is 0 Å². The van der Waals surface area contributed by atoms with Gasteiger partial charge in [0.15, 0.2) is 0 Å². The summed E-state index contributed by atoms with van der Waals surface area (Å²) in [5.41, 5.74) is 4.94. The largest absolute Gasteiger partial charge is 0.310 e.